The highest BCUT2D eigenvalue weighted by atomic mass is 16.5. The molecule has 0 saturated heterocycles. The normalized spacial score (nSPS) is 20.1. The monoisotopic (exact) mass is 190 g/mol. The van der Waals surface area contributed by atoms with Crippen LogP contribution in [0.4, 0.5) is 0 Å². The number of hydrogen-bond donors (Lipinski definition) is 0. The minimum absolute atomic E-state index is 0.152. The van der Waals surface area contributed by atoms with E-state index in [0.29, 0.717) is 13.2 Å². The van der Waals surface area contributed by atoms with Gasteiger partial charge in [-0.15, -0.1) is 0 Å². The molecule has 0 amide bonds. The third kappa shape index (κ3) is 2.69. The maximum atomic E-state index is 5.53. The van der Waals surface area contributed by atoms with Gasteiger partial charge in [0.2, 0.25) is 0 Å². The third-order valence-electron chi connectivity index (χ3n) is 2.15. The van der Waals surface area contributed by atoms with Crippen LogP contribution in [0, 0.1) is 0 Å². The Hall–Kier alpha value is -1.12. The predicted octanol–water partition coefficient (Wildman–Crippen LogP) is 2.16. The highest BCUT2D eigenvalue weighted by molar-refractivity contribution is 5.13. The van der Waals surface area contributed by atoms with Gasteiger partial charge in [0, 0.05) is 0 Å². The van der Waals surface area contributed by atoms with Crippen molar-refractivity contribution in [3.05, 3.63) is 48.0 Å². The van der Waals surface area contributed by atoms with Crippen LogP contribution in [-0.2, 0) is 16.1 Å². The first-order valence-electron chi connectivity index (χ1n) is 4.85. The summed E-state index contributed by atoms with van der Waals surface area (Å²) >= 11 is 0. The molecule has 1 heterocycles. The Morgan fingerprint density at radius 1 is 1.29 bits per heavy atom. The van der Waals surface area contributed by atoms with Crippen molar-refractivity contribution in [3.8, 4) is 0 Å². The smallest absolute Gasteiger partial charge is 0.0994 e. The summed E-state index contributed by atoms with van der Waals surface area (Å²) in [6, 6.07) is 10.2. The van der Waals surface area contributed by atoms with E-state index in [-0.39, 0.29) is 6.10 Å². The van der Waals surface area contributed by atoms with Gasteiger partial charge in [-0.1, -0.05) is 42.5 Å². The van der Waals surface area contributed by atoms with Crippen LogP contribution in [0.1, 0.15) is 5.56 Å². The van der Waals surface area contributed by atoms with E-state index in [4.69, 9.17) is 9.47 Å². The molecule has 1 aliphatic heterocycles. The molecule has 0 saturated carbocycles. The van der Waals surface area contributed by atoms with Crippen molar-refractivity contribution in [2.75, 3.05) is 13.2 Å². The van der Waals surface area contributed by atoms with Gasteiger partial charge in [0.15, 0.2) is 0 Å². The van der Waals surface area contributed by atoms with Gasteiger partial charge in [-0.05, 0) is 5.56 Å². The molecule has 2 rings (SSSR count). The van der Waals surface area contributed by atoms with E-state index in [9.17, 15) is 0 Å². The Morgan fingerprint density at radius 3 is 2.86 bits per heavy atom. The Labute approximate surface area is 84.2 Å². The Morgan fingerprint density at radius 2 is 2.14 bits per heavy atom. The first kappa shape index (κ1) is 9.44. The lowest BCUT2D eigenvalue weighted by Gasteiger charge is -2.08. The van der Waals surface area contributed by atoms with Crippen LogP contribution in [0.2, 0.25) is 0 Å². The zero-order valence-corrected chi connectivity index (χ0v) is 8.06. The molecule has 0 bridgehead atoms. The second kappa shape index (κ2) is 4.94. The maximum Gasteiger partial charge on any atom is 0.0994 e. The lowest BCUT2D eigenvalue weighted by Crippen LogP contribution is -2.13. The Balaban J connectivity index is 1.70. The zero-order chi connectivity index (χ0) is 9.64. The molecule has 0 aliphatic carbocycles. The summed E-state index contributed by atoms with van der Waals surface area (Å²) in [6.07, 6.45) is 4.22. The summed E-state index contributed by atoms with van der Waals surface area (Å²) in [5.74, 6) is 0. The lowest BCUT2D eigenvalue weighted by atomic mass is 10.2. The van der Waals surface area contributed by atoms with E-state index in [1.807, 2.05) is 30.4 Å². The van der Waals surface area contributed by atoms with Gasteiger partial charge in [0.25, 0.3) is 0 Å². The molecule has 0 unspecified atom stereocenters. The van der Waals surface area contributed by atoms with Crippen molar-refractivity contribution in [2.24, 2.45) is 0 Å². The van der Waals surface area contributed by atoms with E-state index in [1.54, 1.807) is 0 Å². The molecule has 14 heavy (non-hydrogen) atoms. The van der Waals surface area contributed by atoms with Crippen LogP contribution < -0.4 is 0 Å². The molecule has 0 aromatic heterocycles. The van der Waals surface area contributed by atoms with Crippen molar-refractivity contribution in [1.82, 2.24) is 0 Å². The molecule has 1 atom stereocenters. The largest absolute Gasteiger partial charge is 0.374 e. The van der Waals surface area contributed by atoms with E-state index < -0.39 is 0 Å². The predicted molar refractivity (Wildman–Crippen MR) is 55.0 cm³/mol. The zero-order valence-electron chi connectivity index (χ0n) is 8.06. The van der Waals surface area contributed by atoms with Gasteiger partial charge < -0.3 is 9.47 Å². The fourth-order valence-corrected chi connectivity index (χ4v) is 1.41. The average Bonchev–Trinajstić information content (AvgIpc) is 2.72. The molecule has 1 aromatic carbocycles. The third-order valence-corrected chi connectivity index (χ3v) is 2.15. The highest BCUT2D eigenvalue weighted by Gasteiger charge is 2.08. The molecule has 0 spiro atoms. The van der Waals surface area contributed by atoms with Crippen LogP contribution in [-0.4, -0.2) is 19.3 Å². The molecule has 0 N–H and O–H groups in total. The minimum Gasteiger partial charge on any atom is -0.374 e. The number of rotatable bonds is 4. The fraction of sp³-hybridized carbons (Fsp3) is 0.333. The van der Waals surface area contributed by atoms with Crippen molar-refractivity contribution in [2.45, 2.75) is 12.7 Å². The van der Waals surface area contributed by atoms with Gasteiger partial charge >= 0.3 is 0 Å². The average molecular weight is 190 g/mol. The van der Waals surface area contributed by atoms with Crippen molar-refractivity contribution >= 4 is 0 Å². The molecule has 1 aromatic rings. The van der Waals surface area contributed by atoms with Crippen LogP contribution in [0.5, 0.6) is 0 Å². The quantitative estimate of drug-likeness (QED) is 0.677. The molecule has 0 radical (unpaired) electrons. The number of ether oxygens (including phenoxy) is 2. The second-order valence-corrected chi connectivity index (χ2v) is 3.30. The second-order valence-electron chi connectivity index (χ2n) is 3.30. The van der Waals surface area contributed by atoms with E-state index in [2.05, 4.69) is 12.1 Å². The SMILES string of the molecule is C1=C[C@@H](COCc2ccccc2)OC1. The molecular weight excluding hydrogens is 176 g/mol. The van der Waals surface area contributed by atoms with Crippen LogP contribution in [0.25, 0.3) is 0 Å². The summed E-state index contributed by atoms with van der Waals surface area (Å²) < 4.78 is 10.9. The van der Waals surface area contributed by atoms with E-state index >= 15 is 0 Å². The Kier molecular flexibility index (Phi) is 3.33. The molecule has 74 valence electrons. The number of benzene rings is 1. The van der Waals surface area contributed by atoms with E-state index in [0.717, 1.165) is 6.61 Å². The first-order chi connectivity index (χ1) is 6.95. The molecule has 2 heteroatoms. The first-order valence-corrected chi connectivity index (χ1v) is 4.85. The highest BCUT2D eigenvalue weighted by Crippen LogP contribution is 2.06. The van der Waals surface area contributed by atoms with Crippen LogP contribution in [0.3, 0.4) is 0 Å². The van der Waals surface area contributed by atoms with Crippen LogP contribution in [0.15, 0.2) is 42.5 Å². The van der Waals surface area contributed by atoms with Crippen molar-refractivity contribution < 1.29 is 9.47 Å². The topological polar surface area (TPSA) is 18.5 Å². The molecular formula is C12H14O2. The summed E-state index contributed by atoms with van der Waals surface area (Å²) in [6.45, 7) is 2.03. The fourth-order valence-electron chi connectivity index (χ4n) is 1.41. The van der Waals surface area contributed by atoms with Crippen LogP contribution >= 0.6 is 0 Å². The summed E-state index contributed by atoms with van der Waals surface area (Å²) in [5.41, 5.74) is 1.20. The van der Waals surface area contributed by atoms with Gasteiger partial charge in [-0.25, -0.2) is 0 Å². The Bertz CT molecular complexity index is 292. The van der Waals surface area contributed by atoms with Gasteiger partial charge in [-0.2, -0.15) is 0 Å². The molecule has 1 aliphatic rings. The van der Waals surface area contributed by atoms with Gasteiger partial charge in [0.1, 0.15) is 0 Å². The minimum atomic E-state index is 0.152. The number of hydrogen-bond acceptors (Lipinski definition) is 2. The van der Waals surface area contributed by atoms with Gasteiger partial charge in [0.05, 0.1) is 25.9 Å². The lowest BCUT2D eigenvalue weighted by molar-refractivity contribution is 0.0226. The molecule has 2 nitrogen and oxygen atoms in total. The summed E-state index contributed by atoms with van der Waals surface area (Å²) in [5, 5.41) is 0. The van der Waals surface area contributed by atoms with E-state index in [1.165, 1.54) is 5.56 Å². The summed E-state index contributed by atoms with van der Waals surface area (Å²) in [7, 11) is 0. The van der Waals surface area contributed by atoms with Gasteiger partial charge in [-0.3, -0.25) is 0 Å². The molecule has 0 fully saturated rings. The summed E-state index contributed by atoms with van der Waals surface area (Å²) in [4.78, 5) is 0. The maximum absolute atomic E-state index is 5.53. The standard InChI is InChI=1S/C12H14O2/c1-2-5-11(6-3-1)9-13-10-12-7-4-8-14-12/h1-7,12H,8-10H2/t12-/m0/s1. The van der Waals surface area contributed by atoms with Crippen molar-refractivity contribution in [3.63, 3.8) is 0 Å². The van der Waals surface area contributed by atoms with Crippen molar-refractivity contribution in [1.29, 1.82) is 0 Å².